The monoisotopic (exact) mass is 587 g/mol. The molecule has 2 aliphatic rings. The maximum Gasteiger partial charge on any atom is 0.159 e. The average molecular weight is 588 g/mol. The molecule has 0 saturated carbocycles. The van der Waals surface area contributed by atoms with Gasteiger partial charge in [0.25, 0.3) is 0 Å². The van der Waals surface area contributed by atoms with Crippen LogP contribution < -0.4 is 0 Å². The van der Waals surface area contributed by atoms with E-state index in [1.807, 2.05) is 23.5 Å². The van der Waals surface area contributed by atoms with E-state index in [2.05, 4.69) is 134 Å². The van der Waals surface area contributed by atoms with E-state index in [4.69, 9.17) is 4.42 Å². The fraction of sp³-hybridized carbons (Fsp3) is 0.0769. The summed E-state index contributed by atoms with van der Waals surface area (Å²) in [5.41, 5.74) is 10.8. The molecule has 204 valence electrons. The molecule has 0 spiro atoms. The molecule has 43 heavy (non-hydrogen) atoms. The Morgan fingerprint density at radius 2 is 1.35 bits per heavy atom. The molecule has 1 aliphatic carbocycles. The Morgan fingerprint density at radius 3 is 2.26 bits per heavy atom. The molecule has 4 heteroatoms. The van der Waals surface area contributed by atoms with Crippen LogP contribution >= 0.6 is 23.5 Å². The fourth-order valence-electron chi connectivity index (χ4n) is 7.43. The van der Waals surface area contributed by atoms with E-state index in [1.54, 1.807) is 0 Å². The molecule has 0 unspecified atom stereocenters. The van der Waals surface area contributed by atoms with Gasteiger partial charge in [0, 0.05) is 41.6 Å². The summed E-state index contributed by atoms with van der Waals surface area (Å²) in [6.07, 6.45) is 0. The van der Waals surface area contributed by atoms with Crippen LogP contribution in [0.4, 0.5) is 0 Å². The summed E-state index contributed by atoms with van der Waals surface area (Å²) in [6.45, 7) is 4.73. The molecule has 0 saturated heterocycles. The van der Waals surface area contributed by atoms with Crippen LogP contribution in [0.2, 0.25) is 0 Å². The van der Waals surface area contributed by atoms with Gasteiger partial charge in [0.05, 0.1) is 21.6 Å². The second kappa shape index (κ2) is 8.37. The Hall–Kier alpha value is -4.38. The Kier molecular flexibility index (Phi) is 4.69. The number of benzene rings is 6. The maximum atomic E-state index is 6.66. The molecule has 0 radical (unpaired) electrons. The first-order valence-electron chi connectivity index (χ1n) is 14.7. The summed E-state index contributed by atoms with van der Waals surface area (Å²) in [5, 5.41) is 4.86. The van der Waals surface area contributed by atoms with Crippen LogP contribution in [0.25, 0.3) is 60.6 Å². The minimum Gasteiger partial charge on any atom is -0.454 e. The van der Waals surface area contributed by atoms with E-state index in [-0.39, 0.29) is 5.41 Å². The first-order chi connectivity index (χ1) is 21.1. The first kappa shape index (κ1) is 24.1. The van der Waals surface area contributed by atoms with Crippen LogP contribution in [0.5, 0.6) is 0 Å². The zero-order chi connectivity index (χ0) is 28.4. The number of furan rings is 1. The molecule has 8 aromatic rings. The topological polar surface area (TPSA) is 18.1 Å². The van der Waals surface area contributed by atoms with Crippen molar-refractivity contribution in [2.24, 2.45) is 0 Å². The lowest BCUT2D eigenvalue weighted by Crippen LogP contribution is -2.15. The third kappa shape index (κ3) is 3.12. The number of aromatic nitrogens is 1. The highest BCUT2D eigenvalue weighted by Crippen LogP contribution is 2.55. The summed E-state index contributed by atoms with van der Waals surface area (Å²) in [7, 11) is 0. The Balaban J connectivity index is 1.37. The molecule has 1 aliphatic heterocycles. The van der Waals surface area contributed by atoms with Gasteiger partial charge in [-0.1, -0.05) is 110 Å². The summed E-state index contributed by atoms with van der Waals surface area (Å²) in [6, 6.07) is 42.2. The molecule has 0 bridgehead atoms. The van der Waals surface area contributed by atoms with Gasteiger partial charge in [0.1, 0.15) is 5.58 Å². The predicted molar refractivity (Wildman–Crippen MR) is 180 cm³/mol. The van der Waals surface area contributed by atoms with Crippen LogP contribution in [0.1, 0.15) is 25.0 Å². The van der Waals surface area contributed by atoms with E-state index in [0.29, 0.717) is 0 Å². The van der Waals surface area contributed by atoms with Crippen LogP contribution in [0.3, 0.4) is 0 Å². The van der Waals surface area contributed by atoms with Crippen molar-refractivity contribution >= 4 is 67.3 Å². The number of hydrogen-bond acceptors (Lipinski definition) is 3. The number of hydrogen-bond donors (Lipinski definition) is 0. The van der Waals surface area contributed by atoms with Crippen molar-refractivity contribution in [1.29, 1.82) is 0 Å². The van der Waals surface area contributed by atoms with Gasteiger partial charge < -0.3 is 8.98 Å². The molecular formula is C39H25NOS2. The van der Waals surface area contributed by atoms with Crippen molar-refractivity contribution in [1.82, 2.24) is 4.57 Å². The third-order valence-corrected chi connectivity index (χ3v) is 12.0. The lowest BCUT2D eigenvalue weighted by atomic mass is 9.82. The number of nitrogens with zero attached hydrogens (tertiary/aromatic N) is 1. The molecule has 2 nitrogen and oxygen atoms in total. The normalized spacial score (nSPS) is 14.7. The molecule has 0 amide bonds. The first-order valence-corrected chi connectivity index (χ1v) is 16.3. The third-order valence-electron chi connectivity index (χ3n) is 9.46. The number of para-hydroxylation sites is 2. The molecular weight excluding hydrogens is 563 g/mol. The van der Waals surface area contributed by atoms with E-state index in [0.717, 1.165) is 27.6 Å². The van der Waals surface area contributed by atoms with Gasteiger partial charge in [-0.05, 0) is 64.7 Å². The van der Waals surface area contributed by atoms with Crippen LogP contribution in [-0.2, 0) is 5.41 Å². The average Bonchev–Trinajstić information content (AvgIpc) is 3.65. The largest absolute Gasteiger partial charge is 0.454 e. The van der Waals surface area contributed by atoms with Gasteiger partial charge in [-0.25, -0.2) is 0 Å². The van der Waals surface area contributed by atoms with Crippen LogP contribution in [-0.4, -0.2) is 4.57 Å². The molecule has 2 aromatic heterocycles. The molecule has 0 fully saturated rings. The minimum absolute atomic E-state index is 0.0876. The summed E-state index contributed by atoms with van der Waals surface area (Å²) in [5.74, 6) is 0. The second-order valence-electron chi connectivity index (χ2n) is 12.1. The Morgan fingerprint density at radius 1 is 0.581 bits per heavy atom. The van der Waals surface area contributed by atoms with Gasteiger partial charge in [0.15, 0.2) is 5.58 Å². The molecule has 10 rings (SSSR count). The van der Waals surface area contributed by atoms with Crippen LogP contribution in [0.15, 0.2) is 139 Å². The number of fused-ring (bicyclic) bond motifs is 12. The van der Waals surface area contributed by atoms with E-state index < -0.39 is 0 Å². The van der Waals surface area contributed by atoms with Gasteiger partial charge >= 0.3 is 0 Å². The van der Waals surface area contributed by atoms with Gasteiger partial charge in [-0.3, -0.25) is 0 Å². The molecule has 6 aromatic carbocycles. The van der Waals surface area contributed by atoms with Crippen molar-refractivity contribution in [2.75, 3.05) is 0 Å². The fourth-order valence-corrected chi connectivity index (χ4v) is 9.81. The zero-order valence-corrected chi connectivity index (χ0v) is 25.3. The quantitative estimate of drug-likeness (QED) is 0.190. The Bertz CT molecular complexity index is 2500. The summed E-state index contributed by atoms with van der Waals surface area (Å²) in [4.78, 5) is 5.24. The lowest BCUT2D eigenvalue weighted by molar-refractivity contribution is 0.660. The van der Waals surface area contributed by atoms with Crippen molar-refractivity contribution in [3.8, 4) is 16.8 Å². The standard InChI is InChI=1S/C39H25NOS2/c1-39(2)28-13-5-3-10-22(28)26-20-27-24-18-19-35-38(43-34-17-8-7-16-33(34)42-35)36(24)40(31(27)21-29(26)39)30-14-9-12-25-23-11-4-6-15-32(23)41-37(25)30/h3-21H,1-2H3. The Labute approximate surface area is 257 Å². The number of rotatable bonds is 1. The molecule has 0 atom stereocenters. The lowest BCUT2D eigenvalue weighted by Gasteiger charge is -2.22. The van der Waals surface area contributed by atoms with E-state index >= 15 is 0 Å². The minimum atomic E-state index is -0.0876. The zero-order valence-electron chi connectivity index (χ0n) is 23.6. The van der Waals surface area contributed by atoms with Crippen molar-refractivity contribution in [3.63, 3.8) is 0 Å². The highest BCUT2D eigenvalue weighted by Gasteiger charge is 2.36. The second-order valence-corrected chi connectivity index (χ2v) is 14.2. The summed E-state index contributed by atoms with van der Waals surface area (Å²) >= 11 is 3.76. The van der Waals surface area contributed by atoms with Crippen LogP contribution in [0, 0.1) is 0 Å². The van der Waals surface area contributed by atoms with E-state index in [1.165, 1.54) is 63.6 Å². The maximum absolute atomic E-state index is 6.66. The van der Waals surface area contributed by atoms with Crippen molar-refractivity contribution < 1.29 is 4.42 Å². The van der Waals surface area contributed by atoms with E-state index in [9.17, 15) is 0 Å². The molecule has 3 heterocycles. The van der Waals surface area contributed by atoms with Crippen molar-refractivity contribution in [3.05, 3.63) is 126 Å². The molecule has 0 N–H and O–H groups in total. The van der Waals surface area contributed by atoms with Gasteiger partial charge in [-0.2, -0.15) is 0 Å². The van der Waals surface area contributed by atoms with Gasteiger partial charge in [0.2, 0.25) is 0 Å². The highest BCUT2D eigenvalue weighted by atomic mass is 32.2. The smallest absolute Gasteiger partial charge is 0.159 e. The predicted octanol–water partition coefficient (Wildman–Crippen LogP) is 11.6. The SMILES string of the molecule is CC1(C)c2ccccc2-c2cc3c4ccc5c(c4n(-c4cccc6c4oc4ccccc46)c3cc21)Sc1ccccc1S5. The van der Waals surface area contributed by atoms with Crippen molar-refractivity contribution in [2.45, 2.75) is 38.8 Å². The van der Waals surface area contributed by atoms with Gasteiger partial charge in [-0.15, -0.1) is 0 Å². The summed E-state index contributed by atoms with van der Waals surface area (Å²) < 4.78 is 9.15. The highest BCUT2D eigenvalue weighted by molar-refractivity contribution is 8.05.